The maximum Gasteiger partial charge on any atom is 0.341 e. The Morgan fingerprint density at radius 1 is 1.09 bits per heavy atom. The number of nitriles is 1. The molecule has 0 fully saturated rings. The van der Waals surface area contributed by atoms with E-state index >= 15 is 0 Å². The normalized spacial score (nSPS) is 24.3. The van der Waals surface area contributed by atoms with E-state index in [1.54, 1.807) is 31.2 Å². The summed E-state index contributed by atoms with van der Waals surface area (Å²) >= 11 is 6.09. The van der Waals surface area contributed by atoms with Gasteiger partial charge in [-0.05, 0) is 47.5 Å². The van der Waals surface area contributed by atoms with Crippen LogP contribution in [0.4, 0.5) is 0 Å². The van der Waals surface area contributed by atoms with Crippen LogP contribution >= 0.6 is 11.6 Å². The Kier molecular flexibility index (Phi) is 3.90. The number of carbonyl (C=O) groups is 1. The number of benzene rings is 3. The van der Waals surface area contributed by atoms with Crippen LogP contribution in [0.1, 0.15) is 23.6 Å². The van der Waals surface area contributed by atoms with Gasteiger partial charge in [-0.25, -0.2) is 4.79 Å². The van der Waals surface area contributed by atoms with E-state index in [-0.39, 0.29) is 23.6 Å². The number of hydrogen-bond acceptors (Lipinski definition) is 6. The number of carbonyl (C=O) groups excluding carboxylic acids is 1. The Bertz CT molecular complexity index is 1480. The van der Waals surface area contributed by atoms with Crippen LogP contribution in [0.3, 0.4) is 0 Å². The van der Waals surface area contributed by atoms with E-state index in [1.165, 1.54) is 0 Å². The van der Waals surface area contributed by atoms with Gasteiger partial charge in [-0.1, -0.05) is 48.0 Å². The van der Waals surface area contributed by atoms with E-state index in [0.717, 1.165) is 16.3 Å². The molecule has 3 aliphatic rings. The van der Waals surface area contributed by atoms with E-state index in [0.29, 0.717) is 21.9 Å². The van der Waals surface area contributed by atoms with Gasteiger partial charge in [0, 0.05) is 16.1 Å². The lowest BCUT2D eigenvalue weighted by Crippen LogP contribution is -2.45. The summed E-state index contributed by atoms with van der Waals surface area (Å²) in [6, 6.07) is 20.8. The summed E-state index contributed by atoms with van der Waals surface area (Å²) in [4.78, 5) is 13.3. The Morgan fingerprint density at radius 3 is 2.45 bits per heavy atom. The molecule has 6 rings (SSSR count). The van der Waals surface area contributed by atoms with Crippen molar-refractivity contribution in [3.8, 4) is 6.07 Å². The Morgan fingerprint density at radius 2 is 1.79 bits per heavy atom. The highest BCUT2D eigenvalue weighted by Gasteiger charge is 2.77. The fourth-order valence-corrected chi connectivity index (χ4v) is 5.59. The van der Waals surface area contributed by atoms with Crippen molar-refractivity contribution in [2.45, 2.75) is 18.1 Å². The SMILES string of the molecule is CCOC(=O)C1=C(N)O[C@@]23OC(c4ccc(Cl)cc4)=C(C#N)[C@@]12c1cccc2cccc3c12. The second-order valence-electron chi connectivity index (χ2n) is 8.06. The molecule has 0 spiro atoms. The molecule has 2 atom stereocenters. The highest BCUT2D eigenvalue weighted by Crippen LogP contribution is 2.71. The van der Waals surface area contributed by atoms with Gasteiger partial charge in [-0.3, -0.25) is 0 Å². The van der Waals surface area contributed by atoms with Gasteiger partial charge in [-0.2, -0.15) is 5.26 Å². The molecule has 2 aliphatic heterocycles. The molecule has 162 valence electrons. The van der Waals surface area contributed by atoms with Crippen LogP contribution in [-0.2, 0) is 30.2 Å². The molecule has 0 radical (unpaired) electrons. The van der Waals surface area contributed by atoms with Crippen molar-refractivity contribution in [1.82, 2.24) is 0 Å². The summed E-state index contributed by atoms with van der Waals surface area (Å²) in [5.74, 6) is -1.98. The van der Waals surface area contributed by atoms with Crippen LogP contribution in [0, 0.1) is 11.3 Å². The molecule has 0 saturated heterocycles. The third kappa shape index (κ3) is 2.15. The van der Waals surface area contributed by atoms with Crippen LogP contribution in [-0.4, -0.2) is 12.6 Å². The predicted molar refractivity (Wildman–Crippen MR) is 121 cm³/mol. The molecule has 3 aromatic rings. The maximum atomic E-state index is 13.3. The average molecular weight is 457 g/mol. The smallest absolute Gasteiger partial charge is 0.341 e. The van der Waals surface area contributed by atoms with E-state index in [1.807, 2.05) is 36.4 Å². The lowest BCUT2D eigenvalue weighted by Gasteiger charge is -2.34. The van der Waals surface area contributed by atoms with Gasteiger partial charge >= 0.3 is 5.97 Å². The second-order valence-corrected chi connectivity index (χ2v) is 8.50. The number of ether oxygens (including phenoxy) is 3. The minimum atomic E-state index is -1.54. The van der Waals surface area contributed by atoms with Crippen molar-refractivity contribution >= 4 is 34.1 Å². The molecule has 6 nitrogen and oxygen atoms in total. The third-order valence-corrected chi connectivity index (χ3v) is 6.83. The monoisotopic (exact) mass is 456 g/mol. The number of esters is 1. The Balaban J connectivity index is 1.76. The van der Waals surface area contributed by atoms with Gasteiger partial charge in [0.1, 0.15) is 17.4 Å². The highest BCUT2D eigenvalue weighted by atomic mass is 35.5. The molecule has 7 heteroatoms. The van der Waals surface area contributed by atoms with E-state index < -0.39 is 17.2 Å². The standard InChI is InChI=1S/C26H17ClN2O4/c1-2-31-24(30)21-23(29)33-26-18-8-4-6-14-5-3-7-17(20(14)18)25(21,26)19(13-28)22(32-26)15-9-11-16(27)12-10-15/h3-12H,2,29H2,1H3/t25-,26+/m0/s1. The van der Waals surface area contributed by atoms with Crippen molar-refractivity contribution in [1.29, 1.82) is 5.26 Å². The van der Waals surface area contributed by atoms with Crippen LogP contribution in [0.5, 0.6) is 0 Å². The molecule has 0 unspecified atom stereocenters. The Labute approximate surface area is 194 Å². The fraction of sp³-hybridized carbons (Fsp3) is 0.154. The molecule has 2 heterocycles. The summed E-state index contributed by atoms with van der Waals surface area (Å²) in [6.07, 6.45) is 0. The van der Waals surface area contributed by atoms with Gasteiger partial charge in [-0.15, -0.1) is 0 Å². The van der Waals surface area contributed by atoms with E-state index in [9.17, 15) is 10.1 Å². The molecule has 0 aromatic heterocycles. The van der Waals surface area contributed by atoms with E-state index in [2.05, 4.69) is 6.07 Å². The predicted octanol–water partition coefficient (Wildman–Crippen LogP) is 4.63. The molecule has 0 amide bonds. The summed E-state index contributed by atoms with van der Waals surface area (Å²) in [7, 11) is 0. The van der Waals surface area contributed by atoms with Crippen LogP contribution in [0.25, 0.3) is 16.5 Å². The van der Waals surface area contributed by atoms with Crippen LogP contribution in [0.15, 0.2) is 77.7 Å². The number of halogens is 1. The average Bonchev–Trinajstić information content (AvgIpc) is 3.32. The van der Waals surface area contributed by atoms with Gasteiger partial charge in [0.05, 0.1) is 12.2 Å². The molecule has 3 aromatic carbocycles. The zero-order valence-electron chi connectivity index (χ0n) is 17.5. The molecule has 0 saturated carbocycles. The lowest BCUT2D eigenvalue weighted by molar-refractivity contribution is -0.178. The van der Waals surface area contributed by atoms with Crippen molar-refractivity contribution in [3.63, 3.8) is 0 Å². The van der Waals surface area contributed by atoms with Gasteiger partial charge in [0.25, 0.3) is 5.79 Å². The molecule has 33 heavy (non-hydrogen) atoms. The second kappa shape index (κ2) is 6.53. The number of rotatable bonds is 3. The van der Waals surface area contributed by atoms with E-state index in [4.69, 9.17) is 31.5 Å². The summed E-state index contributed by atoms with van der Waals surface area (Å²) in [5, 5.41) is 12.9. The number of hydrogen-bond donors (Lipinski definition) is 1. The summed E-state index contributed by atoms with van der Waals surface area (Å²) in [6.45, 7) is 1.86. The Hall–Kier alpha value is -3.95. The summed E-state index contributed by atoms with van der Waals surface area (Å²) < 4.78 is 18.2. The zero-order chi connectivity index (χ0) is 23.0. The van der Waals surface area contributed by atoms with Crippen molar-refractivity contribution in [2.75, 3.05) is 6.61 Å². The first kappa shape index (κ1) is 19.7. The van der Waals surface area contributed by atoms with Crippen molar-refractivity contribution < 1.29 is 19.0 Å². The lowest BCUT2D eigenvalue weighted by atomic mass is 9.67. The van der Waals surface area contributed by atoms with Gasteiger partial charge in [0.2, 0.25) is 5.88 Å². The molecular weight excluding hydrogens is 440 g/mol. The van der Waals surface area contributed by atoms with Crippen LogP contribution < -0.4 is 5.73 Å². The topological polar surface area (TPSA) is 94.6 Å². The molecule has 2 N–H and O–H groups in total. The first-order valence-corrected chi connectivity index (χ1v) is 10.9. The van der Waals surface area contributed by atoms with Crippen molar-refractivity contribution in [3.05, 3.63) is 99.4 Å². The molecular formula is C26H17ClN2O4. The highest BCUT2D eigenvalue weighted by molar-refractivity contribution is 6.30. The number of nitrogens with two attached hydrogens (primary N) is 1. The molecule has 1 aliphatic carbocycles. The van der Waals surface area contributed by atoms with Gasteiger partial charge < -0.3 is 19.9 Å². The maximum absolute atomic E-state index is 13.3. The zero-order valence-corrected chi connectivity index (χ0v) is 18.3. The third-order valence-electron chi connectivity index (χ3n) is 6.58. The first-order valence-electron chi connectivity index (χ1n) is 10.5. The van der Waals surface area contributed by atoms with Crippen molar-refractivity contribution in [2.24, 2.45) is 5.73 Å². The largest absolute Gasteiger partial charge is 0.462 e. The quantitative estimate of drug-likeness (QED) is 0.577. The minimum absolute atomic E-state index is 0.0774. The molecule has 0 bridgehead atoms. The van der Waals surface area contributed by atoms with Gasteiger partial charge in [0.15, 0.2) is 5.41 Å². The summed E-state index contributed by atoms with van der Waals surface area (Å²) in [5.41, 5.74) is 7.28. The van der Waals surface area contributed by atoms with Crippen LogP contribution in [0.2, 0.25) is 5.02 Å². The fourth-order valence-electron chi connectivity index (χ4n) is 5.47. The first-order chi connectivity index (χ1) is 16.0. The number of nitrogens with zero attached hydrogens (tertiary/aromatic N) is 1. The minimum Gasteiger partial charge on any atom is -0.462 e.